The fraction of sp³-hybridized carbons (Fsp3) is 0. The third kappa shape index (κ3) is 2.74. The van der Waals surface area contributed by atoms with Gasteiger partial charge in [0.25, 0.3) is 5.91 Å². The zero-order chi connectivity index (χ0) is 16.5. The highest BCUT2D eigenvalue weighted by atomic mass is 79.9. The van der Waals surface area contributed by atoms with Crippen molar-refractivity contribution in [1.29, 1.82) is 0 Å². The quantitative estimate of drug-likeness (QED) is 0.492. The first-order valence-electron chi connectivity index (χ1n) is 7.30. The van der Waals surface area contributed by atoms with Gasteiger partial charge < -0.3 is 10.3 Å². The molecule has 2 heterocycles. The van der Waals surface area contributed by atoms with E-state index in [-0.39, 0.29) is 5.91 Å². The molecule has 1 amide bonds. The molecule has 0 aliphatic carbocycles. The molecule has 0 aliphatic rings. The number of fused-ring (bicyclic) bond motifs is 1. The number of para-hydroxylation sites is 1. The Kier molecular flexibility index (Phi) is 3.92. The summed E-state index contributed by atoms with van der Waals surface area (Å²) in [5, 5.41) is 6.79. The number of anilines is 1. The van der Waals surface area contributed by atoms with E-state index >= 15 is 0 Å². The number of halogens is 1. The van der Waals surface area contributed by atoms with Gasteiger partial charge in [0.05, 0.1) is 4.47 Å². The van der Waals surface area contributed by atoms with Gasteiger partial charge in [0.1, 0.15) is 10.7 Å². The number of hydrogen-bond donors (Lipinski definition) is 2. The lowest BCUT2D eigenvalue weighted by molar-refractivity contribution is 0.102. The van der Waals surface area contributed by atoms with Crippen LogP contribution in [0.4, 0.5) is 5.69 Å². The zero-order valence-electron chi connectivity index (χ0n) is 12.4. The first-order chi connectivity index (χ1) is 11.7. The van der Waals surface area contributed by atoms with Gasteiger partial charge in [-0.15, -0.1) is 11.3 Å². The molecule has 6 heteroatoms. The monoisotopic (exact) mass is 397 g/mol. The number of carbonyl (C=O) groups is 1. The Morgan fingerprint density at radius 1 is 1.17 bits per heavy atom. The Morgan fingerprint density at radius 2 is 2.04 bits per heavy atom. The number of hydrogen-bond acceptors (Lipinski definition) is 3. The predicted octanol–water partition coefficient (Wildman–Crippen LogP) is 5.31. The van der Waals surface area contributed by atoms with Crippen LogP contribution in [0.3, 0.4) is 0 Å². The third-order valence-electron chi connectivity index (χ3n) is 3.67. The van der Waals surface area contributed by atoms with Gasteiger partial charge >= 0.3 is 0 Å². The van der Waals surface area contributed by atoms with E-state index in [2.05, 4.69) is 31.2 Å². The topological polar surface area (TPSA) is 57.8 Å². The Hall–Kier alpha value is -2.44. The molecule has 0 bridgehead atoms. The average Bonchev–Trinajstić information content (AvgIpc) is 3.24. The van der Waals surface area contributed by atoms with E-state index in [1.807, 2.05) is 53.9 Å². The van der Waals surface area contributed by atoms with Crippen LogP contribution < -0.4 is 5.32 Å². The maximum absolute atomic E-state index is 12.6. The number of aromatic nitrogens is 2. The fourth-order valence-electron chi connectivity index (χ4n) is 2.55. The van der Waals surface area contributed by atoms with Crippen LogP contribution in [0, 0.1) is 0 Å². The molecule has 2 aromatic heterocycles. The summed E-state index contributed by atoms with van der Waals surface area (Å²) in [6.07, 6.45) is 1.77. The van der Waals surface area contributed by atoms with Crippen molar-refractivity contribution in [2.24, 2.45) is 0 Å². The van der Waals surface area contributed by atoms with E-state index in [1.165, 1.54) is 0 Å². The summed E-state index contributed by atoms with van der Waals surface area (Å²) in [6, 6.07) is 15.5. The molecule has 0 spiro atoms. The van der Waals surface area contributed by atoms with Crippen molar-refractivity contribution in [3.05, 3.63) is 70.3 Å². The number of benzene rings is 2. The molecule has 4 nitrogen and oxygen atoms in total. The number of H-pyrrole nitrogens is 1. The van der Waals surface area contributed by atoms with Crippen molar-refractivity contribution in [2.45, 2.75) is 0 Å². The maximum Gasteiger partial charge on any atom is 0.273 e. The SMILES string of the molecule is O=C(Nc1cccc(-c2nccs2)c1)c1[nH]c2ccccc2c1Br. The minimum absolute atomic E-state index is 0.186. The van der Waals surface area contributed by atoms with E-state index in [0.717, 1.165) is 31.6 Å². The van der Waals surface area contributed by atoms with E-state index in [4.69, 9.17) is 0 Å². The minimum atomic E-state index is -0.186. The van der Waals surface area contributed by atoms with Gasteiger partial charge in [0, 0.05) is 33.7 Å². The zero-order valence-corrected chi connectivity index (χ0v) is 14.8. The standard InChI is InChI=1S/C18H12BrN3OS/c19-15-13-6-1-2-7-14(13)22-16(15)17(23)21-12-5-3-4-11(10-12)18-20-8-9-24-18/h1-10,22H,(H,21,23). The molecule has 0 atom stereocenters. The second-order valence-electron chi connectivity index (χ2n) is 5.23. The summed E-state index contributed by atoms with van der Waals surface area (Å²) in [5.74, 6) is -0.186. The molecular weight excluding hydrogens is 386 g/mol. The minimum Gasteiger partial charge on any atom is -0.350 e. The summed E-state index contributed by atoms with van der Waals surface area (Å²) in [4.78, 5) is 20.1. The number of thiazole rings is 1. The van der Waals surface area contributed by atoms with Gasteiger partial charge in [0.15, 0.2) is 0 Å². The number of aromatic amines is 1. The lowest BCUT2D eigenvalue weighted by atomic mass is 10.2. The Balaban J connectivity index is 1.64. The first kappa shape index (κ1) is 15.1. The van der Waals surface area contributed by atoms with Crippen LogP contribution in [-0.2, 0) is 0 Å². The average molecular weight is 398 g/mol. The Labute approximate surface area is 150 Å². The van der Waals surface area contributed by atoms with Crippen LogP contribution in [0.1, 0.15) is 10.5 Å². The lowest BCUT2D eigenvalue weighted by Gasteiger charge is -2.06. The van der Waals surface area contributed by atoms with E-state index in [0.29, 0.717) is 5.69 Å². The molecular formula is C18H12BrN3OS. The van der Waals surface area contributed by atoms with E-state index in [9.17, 15) is 4.79 Å². The lowest BCUT2D eigenvalue weighted by Crippen LogP contribution is -2.12. The normalized spacial score (nSPS) is 10.9. The highest BCUT2D eigenvalue weighted by Crippen LogP contribution is 2.29. The molecule has 0 fully saturated rings. The second-order valence-corrected chi connectivity index (χ2v) is 6.92. The maximum atomic E-state index is 12.6. The summed E-state index contributed by atoms with van der Waals surface area (Å²) in [5.41, 5.74) is 3.15. The van der Waals surface area contributed by atoms with E-state index < -0.39 is 0 Å². The van der Waals surface area contributed by atoms with Crippen molar-refractivity contribution >= 4 is 49.8 Å². The Morgan fingerprint density at radius 3 is 2.83 bits per heavy atom. The largest absolute Gasteiger partial charge is 0.350 e. The molecule has 24 heavy (non-hydrogen) atoms. The summed E-state index contributed by atoms with van der Waals surface area (Å²) in [7, 11) is 0. The van der Waals surface area contributed by atoms with Crippen molar-refractivity contribution in [3.63, 3.8) is 0 Å². The number of amides is 1. The van der Waals surface area contributed by atoms with Crippen LogP contribution in [-0.4, -0.2) is 15.9 Å². The number of nitrogens with one attached hydrogen (secondary N) is 2. The molecule has 0 radical (unpaired) electrons. The number of nitrogens with zero attached hydrogens (tertiary/aromatic N) is 1. The first-order valence-corrected chi connectivity index (χ1v) is 8.97. The molecule has 4 rings (SSSR count). The summed E-state index contributed by atoms with van der Waals surface area (Å²) in [6.45, 7) is 0. The molecule has 2 N–H and O–H groups in total. The highest BCUT2D eigenvalue weighted by Gasteiger charge is 2.16. The van der Waals surface area contributed by atoms with Crippen molar-refractivity contribution in [3.8, 4) is 10.6 Å². The van der Waals surface area contributed by atoms with Gasteiger partial charge in [-0.3, -0.25) is 4.79 Å². The fourth-order valence-corrected chi connectivity index (χ4v) is 3.81. The van der Waals surface area contributed by atoms with Gasteiger partial charge in [-0.05, 0) is 34.1 Å². The van der Waals surface area contributed by atoms with Crippen LogP contribution in [0.5, 0.6) is 0 Å². The van der Waals surface area contributed by atoms with Crippen molar-refractivity contribution in [1.82, 2.24) is 9.97 Å². The third-order valence-corrected chi connectivity index (χ3v) is 5.32. The van der Waals surface area contributed by atoms with Gasteiger partial charge in [-0.25, -0.2) is 4.98 Å². The molecule has 4 aromatic rings. The molecule has 0 aliphatic heterocycles. The van der Waals surface area contributed by atoms with Crippen LogP contribution in [0.25, 0.3) is 21.5 Å². The Bertz CT molecular complexity index is 1020. The van der Waals surface area contributed by atoms with Gasteiger partial charge in [0.2, 0.25) is 0 Å². The number of carbonyl (C=O) groups excluding carboxylic acids is 1. The van der Waals surface area contributed by atoms with Crippen LogP contribution >= 0.6 is 27.3 Å². The van der Waals surface area contributed by atoms with Crippen molar-refractivity contribution < 1.29 is 4.79 Å². The molecule has 0 saturated heterocycles. The molecule has 2 aromatic carbocycles. The summed E-state index contributed by atoms with van der Waals surface area (Å²) < 4.78 is 0.770. The summed E-state index contributed by atoms with van der Waals surface area (Å²) >= 11 is 5.08. The second kappa shape index (κ2) is 6.22. The number of rotatable bonds is 3. The molecule has 0 saturated carbocycles. The van der Waals surface area contributed by atoms with Gasteiger partial charge in [-0.2, -0.15) is 0 Å². The predicted molar refractivity (Wildman–Crippen MR) is 102 cm³/mol. The highest BCUT2D eigenvalue weighted by molar-refractivity contribution is 9.10. The van der Waals surface area contributed by atoms with E-state index in [1.54, 1.807) is 17.5 Å². The van der Waals surface area contributed by atoms with Crippen molar-refractivity contribution in [2.75, 3.05) is 5.32 Å². The van der Waals surface area contributed by atoms with Gasteiger partial charge in [-0.1, -0.05) is 30.3 Å². The molecule has 118 valence electrons. The van der Waals surface area contributed by atoms with Crippen LogP contribution in [0.15, 0.2) is 64.6 Å². The van der Waals surface area contributed by atoms with Crippen LogP contribution in [0.2, 0.25) is 0 Å². The smallest absolute Gasteiger partial charge is 0.273 e. The molecule has 0 unspecified atom stereocenters.